The fraction of sp³-hybridized carbons (Fsp3) is 0.486. The third kappa shape index (κ3) is 5.40. The van der Waals surface area contributed by atoms with Gasteiger partial charge in [0, 0.05) is 26.3 Å². The van der Waals surface area contributed by atoms with E-state index in [-0.39, 0.29) is 12.0 Å². The van der Waals surface area contributed by atoms with Crippen molar-refractivity contribution in [3.8, 4) is 0 Å². The van der Waals surface area contributed by atoms with Crippen LogP contribution < -0.4 is 0 Å². The number of fused-ring (bicyclic) bond motifs is 1. The van der Waals surface area contributed by atoms with Crippen LogP contribution in [-0.2, 0) is 38.1 Å². The Bertz CT molecular complexity index is 1520. The monoisotopic (exact) mass is 636 g/mol. The van der Waals surface area contributed by atoms with Gasteiger partial charge in [0.1, 0.15) is 17.8 Å². The third-order valence-corrected chi connectivity index (χ3v) is 9.67. The van der Waals surface area contributed by atoms with Crippen LogP contribution in [0.2, 0.25) is 0 Å². The van der Waals surface area contributed by atoms with Gasteiger partial charge in [0.05, 0.1) is 34.2 Å². The van der Waals surface area contributed by atoms with E-state index in [1.54, 1.807) is 62.4 Å². The maximum absolute atomic E-state index is 13.8. The minimum absolute atomic E-state index is 0.177. The second kappa shape index (κ2) is 11.9. The van der Waals surface area contributed by atoms with Gasteiger partial charge in [0.15, 0.2) is 12.2 Å². The lowest BCUT2D eigenvalue weighted by Gasteiger charge is -2.65. The van der Waals surface area contributed by atoms with Crippen molar-refractivity contribution < 1.29 is 53.1 Å². The topological polar surface area (TPSA) is 155 Å². The molecule has 0 radical (unpaired) electrons. The van der Waals surface area contributed by atoms with E-state index in [9.17, 15) is 29.4 Å². The molecule has 46 heavy (non-hydrogen) atoms. The van der Waals surface area contributed by atoms with Crippen LogP contribution in [-0.4, -0.2) is 81.4 Å². The summed E-state index contributed by atoms with van der Waals surface area (Å²) < 4.78 is 30.4. The van der Waals surface area contributed by atoms with Crippen molar-refractivity contribution in [3.05, 3.63) is 77.9 Å². The molecule has 1 saturated heterocycles. The van der Waals surface area contributed by atoms with Crippen molar-refractivity contribution in [2.75, 3.05) is 0 Å². The lowest BCUT2D eigenvalue weighted by atomic mass is 9.46. The molecule has 11 heteroatoms. The van der Waals surface area contributed by atoms with Crippen LogP contribution >= 0.6 is 0 Å². The van der Waals surface area contributed by atoms with Crippen LogP contribution in [0.5, 0.6) is 0 Å². The number of ether oxygens (including phenoxy) is 5. The largest absolute Gasteiger partial charge is 0.458 e. The van der Waals surface area contributed by atoms with Crippen molar-refractivity contribution in [2.45, 2.75) is 95.3 Å². The molecule has 9 atom stereocenters. The van der Waals surface area contributed by atoms with Gasteiger partial charge in [-0.05, 0) is 51.5 Å². The predicted molar refractivity (Wildman–Crippen MR) is 163 cm³/mol. The van der Waals surface area contributed by atoms with Crippen molar-refractivity contribution in [3.63, 3.8) is 0 Å². The van der Waals surface area contributed by atoms with E-state index in [0.29, 0.717) is 0 Å². The quantitative estimate of drug-likeness (QED) is 0.261. The van der Waals surface area contributed by atoms with E-state index in [1.165, 1.54) is 26.8 Å². The highest BCUT2D eigenvalue weighted by Crippen LogP contribution is 2.68. The zero-order valence-corrected chi connectivity index (χ0v) is 26.7. The summed E-state index contributed by atoms with van der Waals surface area (Å²) in [6, 6.07) is 17.2. The number of carbonyl (C=O) groups is 4. The van der Waals surface area contributed by atoms with Crippen LogP contribution in [0.3, 0.4) is 0 Å². The molecule has 2 bridgehead atoms. The summed E-state index contributed by atoms with van der Waals surface area (Å²) in [5, 5.41) is 24.4. The second-order valence-corrected chi connectivity index (χ2v) is 13.2. The molecule has 246 valence electrons. The van der Waals surface area contributed by atoms with Gasteiger partial charge in [0.25, 0.3) is 0 Å². The van der Waals surface area contributed by atoms with Gasteiger partial charge in [-0.25, -0.2) is 9.59 Å². The summed E-state index contributed by atoms with van der Waals surface area (Å²) >= 11 is 0. The molecule has 0 amide bonds. The number of carbonyl (C=O) groups excluding carboxylic acids is 4. The Morgan fingerprint density at radius 3 is 2.00 bits per heavy atom. The Balaban J connectivity index is 1.71. The summed E-state index contributed by atoms with van der Waals surface area (Å²) in [6.45, 7) is 8.63. The Hall–Kier alpha value is -4.06. The van der Waals surface area contributed by atoms with Crippen molar-refractivity contribution in [2.24, 2.45) is 11.3 Å². The Morgan fingerprint density at radius 1 is 0.826 bits per heavy atom. The number of aliphatic hydroxyl groups is 2. The molecule has 2 N–H and O–H groups in total. The Morgan fingerprint density at radius 2 is 1.41 bits per heavy atom. The van der Waals surface area contributed by atoms with Crippen LogP contribution in [0.25, 0.3) is 6.08 Å². The zero-order valence-electron chi connectivity index (χ0n) is 26.7. The predicted octanol–water partition coefficient (Wildman–Crippen LogP) is 3.40. The van der Waals surface area contributed by atoms with Gasteiger partial charge in [-0.2, -0.15) is 0 Å². The maximum Gasteiger partial charge on any atom is 0.338 e. The molecule has 2 aromatic carbocycles. The summed E-state index contributed by atoms with van der Waals surface area (Å²) in [5.41, 5.74) is -6.13. The van der Waals surface area contributed by atoms with Crippen LogP contribution in [0, 0.1) is 11.3 Å². The van der Waals surface area contributed by atoms with Crippen LogP contribution in [0.15, 0.2) is 66.7 Å². The highest BCUT2D eigenvalue weighted by molar-refractivity contribution is 5.90. The summed E-state index contributed by atoms with van der Waals surface area (Å²) in [7, 11) is 0. The van der Waals surface area contributed by atoms with E-state index in [1.807, 2.05) is 18.2 Å². The molecule has 3 fully saturated rings. The molecular formula is C35H40O11. The molecule has 1 heterocycles. The smallest absolute Gasteiger partial charge is 0.338 e. The molecule has 11 nitrogen and oxygen atoms in total. The molecule has 2 aliphatic carbocycles. The number of aliphatic hydroxyl groups excluding tert-OH is 1. The van der Waals surface area contributed by atoms with Gasteiger partial charge >= 0.3 is 23.9 Å². The van der Waals surface area contributed by atoms with E-state index >= 15 is 0 Å². The molecule has 1 spiro atoms. The first-order valence-electron chi connectivity index (χ1n) is 15.2. The maximum atomic E-state index is 13.8. The van der Waals surface area contributed by atoms with Crippen molar-refractivity contribution in [1.29, 1.82) is 0 Å². The number of rotatable bonds is 7. The fourth-order valence-electron chi connectivity index (χ4n) is 8.02. The average Bonchev–Trinajstić information content (AvgIpc) is 3.17. The number of hydrogen-bond donors (Lipinski definition) is 2. The Kier molecular flexibility index (Phi) is 8.65. The number of hydrogen-bond acceptors (Lipinski definition) is 11. The molecule has 3 aliphatic rings. The second-order valence-electron chi connectivity index (χ2n) is 13.2. The molecule has 2 saturated carbocycles. The summed E-state index contributed by atoms with van der Waals surface area (Å²) in [6.07, 6.45) is -4.59. The Labute approximate surface area is 267 Å². The van der Waals surface area contributed by atoms with E-state index in [4.69, 9.17) is 23.7 Å². The first kappa shape index (κ1) is 33.3. The van der Waals surface area contributed by atoms with Crippen LogP contribution in [0.1, 0.15) is 63.9 Å². The SMILES string of the molecule is CC(=O)OC1CC(C)(O)C23OC(C)(C)C(C(OC(=O)C=Cc4ccccc4)C(OC(=O)c4ccccc4)C2(C)C1OC(C)=O)C3O. The molecule has 9 unspecified atom stereocenters. The average molecular weight is 637 g/mol. The first-order valence-corrected chi connectivity index (χ1v) is 15.2. The molecule has 5 rings (SSSR count). The molecule has 0 aromatic heterocycles. The minimum atomic E-state index is -1.96. The lowest BCUT2D eigenvalue weighted by Crippen LogP contribution is -2.83. The van der Waals surface area contributed by atoms with Crippen molar-refractivity contribution >= 4 is 30.0 Å². The van der Waals surface area contributed by atoms with Gasteiger partial charge in [0.2, 0.25) is 0 Å². The lowest BCUT2D eigenvalue weighted by molar-refractivity contribution is -0.351. The van der Waals surface area contributed by atoms with E-state index in [0.717, 1.165) is 12.5 Å². The highest BCUT2D eigenvalue weighted by Gasteiger charge is 2.86. The summed E-state index contributed by atoms with van der Waals surface area (Å²) in [5.74, 6) is -4.11. The molecule has 2 aromatic rings. The van der Waals surface area contributed by atoms with E-state index < -0.39 is 82.5 Å². The van der Waals surface area contributed by atoms with Gasteiger partial charge in [-0.3, -0.25) is 9.59 Å². The van der Waals surface area contributed by atoms with Crippen LogP contribution in [0.4, 0.5) is 0 Å². The first-order chi connectivity index (χ1) is 21.5. The number of benzene rings is 2. The van der Waals surface area contributed by atoms with Crippen molar-refractivity contribution in [1.82, 2.24) is 0 Å². The minimum Gasteiger partial charge on any atom is -0.458 e. The molecular weight excluding hydrogens is 596 g/mol. The highest BCUT2D eigenvalue weighted by atomic mass is 16.6. The third-order valence-electron chi connectivity index (χ3n) is 9.67. The fourth-order valence-corrected chi connectivity index (χ4v) is 8.02. The summed E-state index contributed by atoms with van der Waals surface area (Å²) in [4.78, 5) is 52.2. The van der Waals surface area contributed by atoms with Gasteiger partial charge in [-0.1, -0.05) is 48.5 Å². The standard InChI is InChI=1S/C35H40O11/c1-20(36)42-24-19-33(5,41)35-28(39)26(32(3,4)46-35)27(44-25(38)18-17-22-13-9-7-10-14-22)30(34(35,6)29(24)43-21(2)37)45-31(40)23-15-11-8-12-16-23/h7-18,24,26-30,39,41H,19H2,1-6H3. The normalized spacial score (nSPS) is 35.9. The van der Waals surface area contributed by atoms with Gasteiger partial charge < -0.3 is 33.9 Å². The number of esters is 4. The van der Waals surface area contributed by atoms with Gasteiger partial charge in [-0.15, -0.1) is 0 Å². The van der Waals surface area contributed by atoms with E-state index in [2.05, 4.69) is 0 Å². The zero-order chi connectivity index (χ0) is 33.7. The molecule has 1 aliphatic heterocycles.